The van der Waals surface area contributed by atoms with Gasteiger partial charge in [0.1, 0.15) is 5.82 Å². The molecule has 2 aliphatic rings. The molecule has 168 valence electrons. The van der Waals surface area contributed by atoms with Gasteiger partial charge in [0.2, 0.25) is 5.91 Å². The number of likely N-dealkylation sites (tertiary alicyclic amines) is 1. The first-order valence-corrected chi connectivity index (χ1v) is 9.81. The number of carbonyl (C=O) groups excluding carboxylic acids is 1. The van der Waals surface area contributed by atoms with Crippen LogP contribution >= 0.6 is 0 Å². The minimum atomic E-state index is -5.08. The van der Waals surface area contributed by atoms with Crippen LogP contribution in [0, 0.1) is 17.8 Å². The molecule has 1 saturated carbocycles. The molecular formula is C20H22F3N3O5. The van der Waals surface area contributed by atoms with E-state index in [1.165, 1.54) is 0 Å². The number of hydrogen-bond acceptors (Lipinski definition) is 4. The monoisotopic (exact) mass is 441 g/mol. The van der Waals surface area contributed by atoms with Crippen molar-refractivity contribution in [3.8, 4) is 0 Å². The quantitative estimate of drug-likeness (QED) is 0.670. The predicted molar refractivity (Wildman–Crippen MR) is 102 cm³/mol. The number of piperidine rings is 1. The third-order valence-corrected chi connectivity index (χ3v) is 5.51. The van der Waals surface area contributed by atoms with Gasteiger partial charge in [0.05, 0.1) is 22.9 Å². The zero-order valence-corrected chi connectivity index (χ0v) is 16.4. The lowest BCUT2D eigenvalue weighted by molar-refractivity contribution is -0.192. The van der Waals surface area contributed by atoms with Crippen LogP contribution in [0.4, 0.5) is 13.2 Å². The van der Waals surface area contributed by atoms with Crippen molar-refractivity contribution in [3.05, 3.63) is 30.1 Å². The van der Waals surface area contributed by atoms with E-state index in [2.05, 4.69) is 9.97 Å². The van der Waals surface area contributed by atoms with Crippen molar-refractivity contribution in [2.24, 2.45) is 17.8 Å². The van der Waals surface area contributed by atoms with E-state index in [1.54, 1.807) is 0 Å². The summed E-state index contributed by atoms with van der Waals surface area (Å²) in [5.41, 5.74) is 2.06. The predicted octanol–water partition coefficient (Wildman–Crippen LogP) is 2.70. The Kier molecular flexibility index (Phi) is 6.51. The largest absolute Gasteiger partial charge is 0.490 e. The van der Waals surface area contributed by atoms with Crippen molar-refractivity contribution in [2.45, 2.75) is 31.9 Å². The number of fused-ring (bicyclic) bond motifs is 1. The SMILES string of the molecule is O=C(O)C(F)(F)F.O=C(O)[C@@H]1C[C@H]1C(=O)N1CCC(Cc2nc3ccccc3[nH]2)CC1. The van der Waals surface area contributed by atoms with Gasteiger partial charge < -0.3 is 20.1 Å². The number of aliphatic carboxylic acids is 2. The number of nitrogens with zero attached hydrogens (tertiary/aromatic N) is 2. The number of carbonyl (C=O) groups is 3. The molecule has 2 atom stereocenters. The van der Waals surface area contributed by atoms with Crippen molar-refractivity contribution in [1.29, 1.82) is 0 Å². The third kappa shape index (κ3) is 5.74. The van der Waals surface area contributed by atoms with Crippen molar-refractivity contribution in [2.75, 3.05) is 13.1 Å². The van der Waals surface area contributed by atoms with Crippen LogP contribution in [-0.2, 0) is 20.8 Å². The zero-order chi connectivity index (χ0) is 22.8. The number of alkyl halides is 3. The van der Waals surface area contributed by atoms with E-state index < -0.39 is 24.0 Å². The highest BCUT2D eigenvalue weighted by atomic mass is 19.4. The number of aromatic amines is 1. The number of para-hydroxylation sites is 2. The first-order chi connectivity index (χ1) is 14.6. The van der Waals surface area contributed by atoms with Crippen LogP contribution in [0.5, 0.6) is 0 Å². The number of carboxylic acid groups (broad SMARTS) is 2. The number of rotatable bonds is 4. The molecule has 31 heavy (non-hydrogen) atoms. The second-order valence-electron chi connectivity index (χ2n) is 7.76. The topological polar surface area (TPSA) is 124 Å². The number of carboxylic acids is 2. The average Bonchev–Trinajstić information content (AvgIpc) is 3.41. The number of benzene rings is 1. The molecule has 2 aromatic rings. The van der Waals surface area contributed by atoms with Gasteiger partial charge in [0.25, 0.3) is 0 Å². The molecule has 4 rings (SSSR count). The molecule has 1 aliphatic heterocycles. The number of aromatic nitrogens is 2. The number of hydrogen-bond donors (Lipinski definition) is 3. The molecular weight excluding hydrogens is 419 g/mol. The maximum atomic E-state index is 12.3. The number of H-pyrrole nitrogens is 1. The Morgan fingerprint density at radius 3 is 2.23 bits per heavy atom. The van der Waals surface area contributed by atoms with Gasteiger partial charge in [-0.2, -0.15) is 13.2 Å². The molecule has 1 saturated heterocycles. The maximum Gasteiger partial charge on any atom is 0.490 e. The van der Waals surface area contributed by atoms with Crippen molar-refractivity contribution >= 4 is 28.9 Å². The van der Waals surface area contributed by atoms with Crippen molar-refractivity contribution in [3.63, 3.8) is 0 Å². The van der Waals surface area contributed by atoms with Crippen LogP contribution in [0.25, 0.3) is 11.0 Å². The normalized spacial score (nSPS) is 21.3. The second-order valence-corrected chi connectivity index (χ2v) is 7.76. The summed E-state index contributed by atoms with van der Waals surface area (Å²) in [6.07, 6.45) is -1.77. The van der Waals surface area contributed by atoms with E-state index in [4.69, 9.17) is 15.0 Å². The molecule has 1 aromatic carbocycles. The lowest BCUT2D eigenvalue weighted by Gasteiger charge is -2.32. The smallest absolute Gasteiger partial charge is 0.481 e. The van der Waals surface area contributed by atoms with Crippen LogP contribution in [0.1, 0.15) is 25.1 Å². The van der Waals surface area contributed by atoms with Gasteiger partial charge in [-0.1, -0.05) is 12.1 Å². The summed E-state index contributed by atoms with van der Waals surface area (Å²) < 4.78 is 31.7. The van der Waals surface area contributed by atoms with Crippen LogP contribution in [0.15, 0.2) is 24.3 Å². The summed E-state index contributed by atoms with van der Waals surface area (Å²) >= 11 is 0. The summed E-state index contributed by atoms with van der Waals surface area (Å²) in [6, 6.07) is 8.02. The Labute approximate surface area is 175 Å². The molecule has 1 aliphatic carbocycles. The average molecular weight is 441 g/mol. The van der Waals surface area contributed by atoms with Gasteiger partial charge in [-0.3, -0.25) is 9.59 Å². The molecule has 1 aromatic heterocycles. The fourth-order valence-corrected chi connectivity index (χ4v) is 3.71. The summed E-state index contributed by atoms with van der Waals surface area (Å²) in [5, 5.41) is 16.1. The Bertz CT molecular complexity index is 933. The molecule has 0 radical (unpaired) electrons. The second kappa shape index (κ2) is 8.94. The van der Waals surface area contributed by atoms with E-state index in [9.17, 15) is 22.8 Å². The Hall–Kier alpha value is -3.11. The van der Waals surface area contributed by atoms with Gasteiger partial charge in [-0.15, -0.1) is 0 Å². The van der Waals surface area contributed by atoms with Gasteiger partial charge in [0.15, 0.2) is 0 Å². The van der Waals surface area contributed by atoms with E-state index in [0.717, 1.165) is 49.2 Å². The molecule has 8 nitrogen and oxygen atoms in total. The highest BCUT2D eigenvalue weighted by Gasteiger charge is 2.50. The Morgan fingerprint density at radius 2 is 1.71 bits per heavy atom. The summed E-state index contributed by atoms with van der Waals surface area (Å²) in [7, 11) is 0. The molecule has 2 fully saturated rings. The minimum absolute atomic E-state index is 0.0320. The van der Waals surface area contributed by atoms with Crippen LogP contribution < -0.4 is 0 Å². The van der Waals surface area contributed by atoms with Crippen molar-refractivity contribution in [1.82, 2.24) is 14.9 Å². The molecule has 0 bridgehead atoms. The van der Waals surface area contributed by atoms with Gasteiger partial charge in [-0.25, -0.2) is 9.78 Å². The van der Waals surface area contributed by atoms with E-state index in [-0.39, 0.29) is 11.8 Å². The Morgan fingerprint density at radius 1 is 1.10 bits per heavy atom. The third-order valence-electron chi connectivity index (χ3n) is 5.51. The molecule has 0 spiro atoms. The molecule has 2 heterocycles. The van der Waals surface area contributed by atoms with Gasteiger partial charge in [0, 0.05) is 19.5 Å². The Balaban J connectivity index is 0.000000339. The number of nitrogens with one attached hydrogen (secondary N) is 1. The van der Waals surface area contributed by atoms with E-state index in [0.29, 0.717) is 12.3 Å². The number of imidazole rings is 1. The summed E-state index contributed by atoms with van der Waals surface area (Å²) in [5.74, 6) is -2.77. The molecule has 1 amide bonds. The maximum absolute atomic E-state index is 12.3. The highest BCUT2D eigenvalue weighted by molar-refractivity contribution is 5.89. The minimum Gasteiger partial charge on any atom is -0.481 e. The van der Waals surface area contributed by atoms with Crippen LogP contribution in [0.2, 0.25) is 0 Å². The van der Waals surface area contributed by atoms with E-state index >= 15 is 0 Å². The van der Waals surface area contributed by atoms with Gasteiger partial charge in [-0.05, 0) is 37.3 Å². The van der Waals surface area contributed by atoms with Crippen molar-refractivity contribution < 1.29 is 37.8 Å². The lowest BCUT2D eigenvalue weighted by Crippen LogP contribution is -2.40. The lowest BCUT2D eigenvalue weighted by atomic mass is 9.93. The fraction of sp³-hybridized carbons (Fsp3) is 0.500. The van der Waals surface area contributed by atoms with Crippen LogP contribution in [-0.4, -0.2) is 62.2 Å². The first-order valence-electron chi connectivity index (χ1n) is 9.81. The summed E-state index contributed by atoms with van der Waals surface area (Å²) in [6.45, 7) is 1.46. The first kappa shape index (κ1) is 22.6. The highest BCUT2D eigenvalue weighted by Crippen LogP contribution is 2.40. The number of amides is 1. The zero-order valence-electron chi connectivity index (χ0n) is 16.4. The van der Waals surface area contributed by atoms with Crippen LogP contribution in [0.3, 0.4) is 0 Å². The molecule has 0 unspecified atom stereocenters. The molecule has 3 N–H and O–H groups in total. The van der Waals surface area contributed by atoms with E-state index in [1.807, 2.05) is 29.2 Å². The number of halogens is 3. The summed E-state index contributed by atoms with van der Waals surface area (Å²) in [4.78, 5) is 41.9. The standard InChI is InChI=1S/C18H21N3O3.C2HF3O2/c22-17(12-10-13(12)18(23)24)21-7-5-11(6-8-21)9-16-19-14-3-1-2-4-15(14)20-16;3-2(4,5)1(6)7/h1-4,11-13H,5-10H2,(H,19,20)(H,23,24);(H,6,7)/t12-,13-;/m1./s1. The fourth-order valence-electron chi connectivity index (χ4n) is 3.71. The molecule has 11 heteroatoms. The van der Waals surface area contributed by atoms with Gasteiger partial charge >= 0.3 is 18.1 Å².